The van der Waals surface area contributed by atoms with Gasteiger partial charge >= 0.3 is 0 Å². The number of nitrogens with zero attached hydrogens (tertiary/aromatic N) is 3. The Bertz CT molecular complexity index is 893. The normalized spacial score (nSPS) is 14.4. The summed E-state index contributed by atoms with van der Waals surface area (Å²) in [6.45, 7) is 3.09. The van der Waals surface area contributed by atoms with Gasteiger partial charge in [-0.25, -0.2) is 0 Å². The van der Waals surface area contributed by atoms with Crippen molar-refractivity contribution in [2.75, 3.05) is 19.6 Å². The highest BCUT2D eigenvalue weighted by Crippen LogP contribution is 2.23. The molecule has 0 unspecified atom stereocenters. The predicted octanol–water partition coefficient (Wildman–Crippen LogP) is 2.51. The second kappa shape index (κ2) is 9.27. The topological polar surface area (TPSA) is 105 Å². The molecule has 1 aliphatic rings. The number of carbonyl (C=O) groups is 2. The van der Waals surface area contributed by atoms with Crippen LogP contribution in [0.1, 0.15) is 34.5 Å². The van der Waals surface area contributed by atoms with E-state index in [9.17, 15) is 19.7 Å². The number of carbonyl (C=O) groups excluding carboxylic acids is 2. The van der Waals surface area contributed by atoms with Crippen molar-refractivity contribution in [1.82, 2.24) is 15.2 Å². The number of aromatic nitrogens is 1. The minimum absolute atomic E-state index is 0.000922. The summed E-state index contributed by atoms with van der Waals surface area (Å²) in [5.74, 6) is -0.365. The van der Waals surface area contributed by atoms with Crippen LogP contribution in [0.4, 0.5) is 5.69 Å². The summed E-state index contributed by atoms with van der Waals surface area (Å²) in [5, 5.41) is 14.0. The van der Waals surface area contributed by atoms with Crippen LogP contribution in [0.25, 0.3) is 0 Å². The molecule has 29 heavy (non-hydrogen) atoms. The molecule has 0 bridgehead atoms. The van der Waals surface area contributed by atoms with Gasteiger partial charge in [0.15, 0.2) is 0 Å². The van der Waals surface area contributed by atoms with Gasteiger partial charge in [-0.05, 0) is 38.0 Å². The van der Waals surface area contributed by atoms with E-state index < -0.39 is 4.92 Å². The maximum absolute atomic E-state index is 12.7. The van der Waals surface area contributed by atoms with Gasteiger partial charge < -0.3 is 10.2 Å². The first-order valence-corrected chi connectivity index (χ1v) is 9.67. The highest BCUT2D eigenvalue weighted by atomic mass is 16.6. The van der Waals surface area contributed by atoms with Crippen molar-refractivity contribution in [1.29, 1.82) is 0 Å². The first kappa shape index (κ1) is 20.4. The van der Waals surface area contributed by atoms with E-state index >= 15 is 0 Å². The van der Waals surface area contributed by atoms with Gasteiger partial charge in [-0.2, -0.15) is 0 Å². The van der Waals surface area contributed by atoms with Crippen molar-refractivity contribution in [2.45, 2.75) is 26.2 Å². The van der Waals surface area contributed by atoms with Crippen LogP contribution >= 0.6 is 0 Å². The molecular weight excluding hydrogens is 372 g/mol. The molecule has 1 saturated heterocycles. The van der Waals surface area contributed by atoms with E-state index in [4.69, 9.17) is 0 Å². The van der Waals surface area contributed by atoms with Gasteiger partial charge in [0, 0.05) is 61.1 Å². The second-order valence-corrected chi connectivity index (χ2v) is 7.19. The lowest BCUT2D eigenvalue weighted by Crippen LogP contribution is -2.43. The summed E-state index contributed by atoms with van der Waals surface area (Å²) >= 11 is 0. The molecule has 152 valence electrons. The molecule has 8 heteroatoms. The molecule has 0 radical (unpaired) electrons. The fourth-order valence-electron chi connectivity index (χ4n) is 3.47. The molecule has 1 aromatic carbocycles. The lowest BCUT2D eigenvalue weighted by molar-refractivity contribution is -0.385. The number of amides is 2. The van der Waals surface area contributed by atoms with Crippen molar-refractivity contribution >= 4 is 17.5 Å². The van der Waals surface area contributed by atoms with E-state index in [1.54, 1.807) is 30.2 Å². The van der Waals surface area contributed by atoms with E-state index in [1.165, 1.54) is 6.07 Å². The van der Waals surface area contributed by atoms with Gasteiger partial charge in [0.05, 0.1) is 4.92 Å². The van der Waals surface area contributed by atoms with Crippen molar-refractivity contribution in [2.24, 2.45) is 5.92 Å². The van der Waals surface area contributed by atoms with Crippen LogP contribution in [-0.4, -0.2) is 46.3 Å². The lowest BCUT2D eigenvalue weighted by Gasteiger charge is -2.31. The fourth-order valence-corrected chi connectivity index (χ4v) is 3.47. The van der Waals surface area contributed by atoms with Crippen molar-refractivity contribution < 1.29 is 14.5 Å². The molecule has 1 aromatic heterocycles. The Labute approximate surface area is 169 Å². The van der Waals surface area contributed by atoms with Crippen LogP contribution < -0.4 is 5.32 Å². The SMILES string of the molecule is Cc1ccc(C(=O)N2CCC(C(=O)NCCc3ccccn3)CC2)cc1[N+](=O)[O-]. The van der Waals surface area contributed by atoms with Crippen LogP contribution in [0.2, 0.25) is 0 Å². The monoisotopic (exact) mass is 396 g/mol. The van der Waals surface area contributed by atoms with E-state index in [0.717, 1.165) is 5.69 Å². The minimum atomic E-state index is -0.479. The standard InChI is InChI=1S/C21H24N4O4/c1-15-5-6-17(14-19(15)25(28)29)21(27)24-12-8-16(9-13-24)20(26)23-11-7-18-4-2-3-10-22-18/h2-6,10,14,16H,7-9,11-13H2,1H3,(H,23,26). The van der Waals surface area contributed by atoms with Crippen LogP contribution in [0.5, 0.6) is 0 Å². The maximum atomic E-state index is 12.7. The smallest absolute Gasteiger partial charge is 0.273 e. The predicted molar refractivity (Wildman–Crippen MR) is 107 cm³/mol. The van der Waals surface area contributed by atoms with E-state index in [-0.39, 0.29) is 23.4 Å². The van der Waals surface area contributed by atoms with Crippen LogP contribution in [0, 0.1) is 23.0 Å². The Balaban J connectivity index is 1.49. The summed E-state index contributed by atoms with van der Waals surface area (Å²) < 4.78 is 0. The molecule has 0 spiro atoms. The number of nitrogens with one attached hydrogen (secondary N) is 1. The van der Waals surface area contributed by atoms with Crippen LogP contribution in [-0.2, 0) is 11.2 Å². The summed E-state index contributed by atoms with van der Waals surface area (Å²) in [5.41, 5.74) is 1.70. The van der Waals surface area contributed by atoms with Gasteiger partial charge in [-0.1, -0.05) is 12.1 Å². The van der Waals surface area contributed by atoms with Crippen LogP contribution in [0.15, 0.2) is 42.6 Å². The number of nitro groups is 1. The Morgan fingerprint density at radius 1 is 1.24 bits per heavy atom. The number of piperidine rings is 1. The number of benzene rings is 1. The van der Waals surface area contributed by atoms with Gasteiger partial charge in [0.1, 0.15) is 0 Å². The number of pyridine rings is 1. The van der Waals surface area contributed by atoms with Crippen LogP contribution in [0.3, 0.4) is 0 Å². The molecule has 2 heterocycles. The molecule has 0 saturated carbocycles. The third-order valence-corrected chi connectivity index (χ3v) is 5.21. The zero-order valence-corrected chi connectivity index (χ0v) is 16.3. The Kier molecular flexibility index (Phi) is 6.54. The fraction of sp³-hybridized carbons (Fsp3) is 0.381. The van der Waals surface area contributed by atoms with Gasteiger partial charge in [-0.15, -0.1) is 0 Å². The number of likely N-dealkylation sites (tertiary alicyclic amines) is 1. The molecule has 2 amide bonds. The van der Waals surface area contributed by atoms with E-state index in [0.29, 0.717) is 50.0 Å². The van der Waals surface area contributed by atoms with Crippen molar-refractivity contribution in [3.8, 4) is 0 Å². The zero-order valence-electron chi connectivity index (χ0n) is 16.3. The van der Waals surface area contributed by atoms with Gasteiger partial charge in [-0.3, -0.25) is 24.7 Å². The molecule has 3 rings (SSSR count). The number of aryl methyl sites for hydroxylation is 1. The third-order valence-electron chi connectivity index (χ3n) is 5.21. The summed E-state index contributed by atoms with van der Waals surface area (Å²) in [4.78, 5) is 41.6. The maximum Gasteiger partial charge on any atom is 0.273 e. The Morgan fingerprint density at radius 3 is 2.66 bits per heavy atom. The highest BCUT2D eigenvalue weighted by Gasteiger charge is 2.28. The van der Waals surface area contributed by atoms with E-state index in [2.05, 4.69) is 10.3 Å². The molecule has 8 nitrogen and oxygen atoms in total. The molecule has 1 fully saturated rings. The number of nitro benzene ring substituents is 1. The molecule has 0 atom stereocenters. The summed E-state index contributed by atoms with van der Waals surface area (Å²) in [7, 11) is 0. The minimum Gasteiger partial charge on any atom is -0.355 e. The Hall–Kier alpha value is -3.29. The summed E-state index contributed by atoms with van der Waals surface area (Å²) in [6, 6.07) is 10.2. The molecule has 1 aliphatic heterocycles. The molecule has 0 aliphatic carbocycles. The number of hydrogen-bond donors (Lipinski definition) is 1. The first-order chi connectivity index (χ1) is 14.0. The molecular formula is C21H24N4O4. The third kappa shape index (κ3) is 5.16. The number of hydrogen-bond acceptors (Lipinski definition) is 5. The average Bonchev–Trinajstić information content (AvgIpc) is 2.74. The highest BCUT2D eigenvalue weighted by molar-refractivity contribution is 5.95. The molecule has 2 aromatic rings. The lowest BCUT2D eigenvalue weighted by atomic mass is 9.95. The number of rotatable bonds is 6. The zero-order chi connectivity index (χ0) is 20.8. The summed E-state index contributed by atoms with van der Waals surface area (Å²) in [6.07, 6.45) is 3.56. The van der Waals surface area contributed by atoms with Gasteiger partial charge in [0.2, 0.25) is 5.91 Å². The quantitative estimate of drug-likeness (QED) is 0.597. The largest absolute Gasteiger partial charge is 0.355 e. The average molecular weight is 396 g/mol. The first-order valence-electron chi connectivity index (χ1n) is 9.67. The van der Waals surface area contributed by atoms with Crippen molar-refractivity contribution in [3.05, 3.63) is 69.5 Å². The second-order valence-electron chi connectivity index (χ2n) is 7.19. The van der Waals surface area contributed by atoms with Crippen molar-refractivity contribution in [3.63, 3.8) is 0 Å². The Morgan fingerprint density at radius 2 is 2.00 bits per heavy atom. The van der Waals surface area contributed by atoms with Gasteiger partial charge in [0.25, 0.3) is 11.6 Å². The van der Waals surface area contributed by atoms with E-state index in [1.807, 2.05) is 18.2 Å². The molecule has 1 N–H and O–H groups in total.